The summed E-state index contributed by atoms with van der Waals surface area (Å²) in [6.45, 7) is 4.20. The predicted octanol–water partition coefficient (Wildman–Crippen LogP) is 3.25. The van der Waals surface area contributed by atoms with Crippen LogP contribution in [0.3, 0.4) is 0 Å². The lowest BCUT2D eigenvalue weighted by atomic mass is 10.1. The minimum Gasteiger partial charge on any atom is -0.494 e. The number of hydrogen-bond acceptors (Lipinski definition) is 5. The van der Waals surface area contributed by atoms with Crippen LogP contribution in [0.15, 0.2) is 65.5 Å². The number of nitrogens with zero attached hydrogens (tertiary/aromatic N) is 2. The average molecular weight is 393 g/mol. The van der Waals surface area contributed by atoms with E-state index in [2.05, 4.69) is 10.4 Å². The molecular weight excluding hydrogens is 370 g/mol. The van der Waals surface area contributed by atoms with Crippen LogP contribution >= 0.6 is 0 Å². The lowest BCUT2D eigenvalue weighted by molar-refractivity contribution is -0.122. The van der Waals surface area contributed by atoms with Gasteiger partial charge in [-0.25, -0.2) is 4.68 Å². The van der Waals surface area contributed by atoms with Crippen molar-refractivity contribution in [1.29, 1.82) is 0 Å². The Hall–Kier alpha value is -3.61. The number of carbonyl (C=O) groups is 1. The summed E-state index contributed by atoms with van der Waals surface area (Å²) in [5.41, 5.74) is 2.00. The van der Waals surface area contributed by atoms with Crippen LogP contribution in [0.1, 0.15) is 13.8 Å². The molecule has 1 unspecified atom stereocenters. The summed E-state index contributed by atoms with van der Waals surface area (Å²) in [6.07, 6.45) is -0.669. The van der Waals surface area contributed by atoms with E-state index >= 15 is 0 Å². The van der Waals surface area contributed by atoms with E-state index in [9.17, 15) is 9.59 Å². The molecule has 3 rings (SSSR count). The number of aromatic nitrogens is 2. The zero-order valence-electron chi connectivity index (χ0n) is 16.6. The highest BCUT2D eigenvalue weighted by Crippen LogP contribution is 2.20. The molecule has 0 aliphatic heterocycles. The molecule has 29 heavy (non-hydrogen) atoms. The first-order chi connectivity index (χ1) is 14.0. The van der Waals surface area contributed by atoms with Crippen molar-refractivity contribution in [3.8, 4) is 22.8 Å². The molecule has 0 fully saturated rings. The number of hydrogen-bond donors (Lipinski definition) is 1. The van der Waals surface area contributed by atoms with E-state index in [4.69, 9.17) is 9.47 Å². The lowest BCUT2D eigenvalue weighted by Crippen LogP contribution is -2.30. The number of benzene rings is 2. The first-order valence-electron chi connectivity index (χ1n) is 9.31. The molecule has 0 bridgehead atoms. The Morgan fingerprint density at radius 3 is 2.31 bits per heavy atom. The van der Waals surface area contributed by atoms with Crippen molar-refractivity contribution in [3.63, 3.8) is 0 Å². The molecule has 150 valence electrons. The van der Waals surface area contributed by atoms with E-state index in [0.717, 1.165) is 11.3 Å². The standard InChI is InChI=1S/C22H23N3O4/c1-4-28-18-9-11-19(12-10-18)29-15(2)22(27)23-17-7-5-16(6-8-17)20-13-14-21(26)25(3)24-20/h5-15H,4H2,1-3H3,(H,23,27). The number of anilines is 1. The molecule has 1 heterocycles. The molecule has 2 aromatic carbocycles. The predicted molar refractivity (Wildman–Crippen MR) is 111 cm³/mol. The Morgan fingerprint density at radius 1 is 1.03 bits per heavy atom. The van der Waals surface area contributed by atoms with Gasteiger partial charge in [-0.1, -0.05) is 12.1 Å². The molecule has 1 N–H and O–H groups in total. The van der Waals surface area contributed by atoms with Crippen LogP contribution in [-0.4, -0.2) is 28.4 Å². The monoisotopic (exact) mass is 393 g/mol. The smallest absolute Gasteiger partial charge is 0.266 e. The maximum absolute atomic E-state index is 12.4. The van der Waals surface area contributed by atoms with Gasteiger partial charge in [0.05, 0.1) is 12.3 Å². The third-order valence-electron chi connectivity index (χ3n) is 4.23. The van der Waals surface area contributed by atoms with E-state index in [1.165, 1.54) is 10.7 Å². The average Bonchev–Trinajstić information content (AvgIpc) is 2.72. The molecule has 7 nitrogen and oxygen atoms in total. The van der Waals surface area contributed by atoms with Crippen LogP contribution < -0.4 is 20.3 Å². The SMILES string of the molecule is CCOc1ccc(OC(C)C(=O)Nc2ccc(-c3ccc(=O)n(C)n3)cc2)cc1. The van der Waals surface area contributed by atoms with Gasteiger partial charge < -0.3 is 14.8 Å². The highest BCUT2D eigenvalue weighted by molar-refractivity contribution is 5.94. The van der Waals surface area contributed by atoms with Crippen LogP contribution in [-0.2, 0) is 11.8 Å². The summed E-state index contributed by atoms with van der Waals surface area (Å²) in [4.78, 5) is 23.9. The maximum Gasteiger partial charge on any atom is 0.266 e. The minimum absolute atomic E-state index is 0.167. The number of ether oxygens (including phenoxy) is 2. The number of carbonyl (C=O) groups excluding carboxylic acids is 1. The van der Waals surface area contributed by atoms with Crippen LogP contribution in [0.4, 0.5) is 5.69 Å². The first kappa shape index (κ1) is 20.1. The van der Waals surface area contributed by atoms with Gasteiger partial charge in [-0.2, -0.15) is 5.10 Å². The molecule has 0 spiro atoms. The molecule has 3 aromatic rings. The number of aryl methyl sites for hydroxylation is 1. The first-order valence-corrected chi connectivity index (χ1v) is 9.31. The zero-order valence-corrected chi connectivity index (χ0v) is 16.6. The van der Waals surface area contributed by atoms with Crippen LogP contribution in [0, 0.1) is 0 Å². The van der Waals surface area contributed by atoms with E-state index in [1.807, 2.05) is 19.1 Å². The topological polar surface area (TPSA) is 82.5 Å². The third-order valence-corrected chi connectivity index (χ3v) is 4.23. The summed E-state index contributed by atoms with van der Waals surface area (Å²) in [7, 11) is 1.60. The highest BCUT2D eigenvalue weighted by Gasteiger charge is 2.15. The lowest BCUT2D eigenvalue weighted by Gasteiger charge is -2.15. The summed E-state index contributed by atoms with van der Waals surface area (Å²) >= 11 is 0. The largest absolute Gasteiger partial charge is 0.494 e. The molecule has 0 aliphatic carbocycles. The summed E-state index contributed by atoms with van der Waals surface area (Å²) in [5.74, 6) is 1.09. The van der Waals surface area contributed by atoms with Gasteiger partial charge >= 0.3 is 0 Å². The zero-order chi connectivity index (χ0) is 20.8. The van der Waals surface area contributed by atoms with Crippen molar-refractivity contribution in [2.75, 3.05) is 11.9 Å². The molecule has 1 atom stereocenters. The second kappa shape index (κ2) is 9.05. The van der Waals surface area contributed by atoms with E-state index in [-0.39, 0.29) is 11.5 Å². The number of amides is 1. The van der Waals surface area contributed by atoms with Crippen molar-refractivity contribution in [2.45, 2.75) is 20.0 Å². The Bertz CT molecular complexity index is 1030. The van der Waals surface area contributed by atoms with E-state index < -0.39 is 6.10 Å². The van der Waals surface area contributed by atoms with Gasteiger partial charge in [-0.05, 0) is 56.3 Å². The summed E-state index contributed by atoms with van der Waals surface area (Å²) < 4.78 is 12.4. The van der Waals surface area contributed by atoms with Gasteiger partial charge in [-0.15, -0.1) is 0 Å². The Labute approximate surface area is 168 Å². The number of rotatable bonds is 7. The molecule has 0 aliphatic rings. The van der Waals surface area contributed by atoms with E-state index in [1.54, 1.807) is 56.4 Å². The van der Waals surface area contributed by atoms with Gasteiger partial charge in [0.25, 0.3) is 11.5 Å². The normalized spacial score (nSPS) is 11.6. The Morgan fingerprint density at radius 2 is 1.69 bits per heavy atom. The van der Waals surface area contributed by atoms with Crippen LogP contribution in [0.5, 0.6) is 11.5 Å². The molecule has 1 aromatic heterocycles. The highest BCUT2D eigenvalue weighted by atomic mass is 16.5. The van der Waals surface area contributed by atoms with Gasteiger partial charge in [0.2, 0.25) is 0 Å². The van der Waals surface area contributed by atoms with Crippen molar-refractivity contribution < 1.29 is 14.3 Å². The fourth-order valence-corrected chi connectivity index (χ4v) is 2.66. The van der Waals surface area contributed by atoms with Gasteiger partial charge in [0, 0.05) is 24.4 Å². The number of nitrogens with one attached hydrogen (secondary N) is 1. The summed E-state index contributed by atoms with van der Waals surface area (Å²) in [6, 6.07) is 17.5. The second-order valence-corrected chi connectivity index (χ2v) is 6.41. The maximum atomic E-state index is 12.4. The Balaban J connectivity index is 1.60. The van der Waals surface area contributed by atoms with Gasteiger partial charge in [0.1, 0.15) is 11.5 Å². The van der Waals surface area contributed by atoms with Gasteiger partial charge in [-0.3, -0.25) is 9.59 Å². The molecular formula is C22H23N3O4. The van der Waals surface area contributed by atoms with Gasteiger partial charge in [0.15, 0.2) is 6.10 Å². The molecule has 1 amide bonds. The van der Waals surface area contributed by atoms with Crippen molar-refractivity contribution in [2.24, 2.45) is 7.05 Å². The summed E-state index contributed by atoms with van der Waals surface area (Å²) in [5, 5.41) is 7.04. The van der Waals surface area contributed by atoms with E-state index in [0.29, 0.717) is 23.7 Å². The van der Waals surface area contributed by atoms with Crippen LogP contribution in [0.2, 0.25) is 0 Å². The van der Waals surface area contributed by atoms with Crippen molar-refractivity contribution >= 4 is 11.6 Å². The minimum atomic E-state index is -0.669. The van der Waals surface area contributed by atoms with Crippen LogP contribution in [0.25, 0.3) is 11.3 Å². The fraction of sp³-hybridized carbons (Fsp3) is 0.227. The molecule has 7 heteroatoms. The second-order valence-electron chi connectivity index (χ2n) is 6.41. The Kier molecular flexibility index (Phi) is 6.29. The molecule has 0 saturated carbocycles. The van der Waals surface area contributed by atoms with Crippen molar-refractivity contribution in [3.05, 3.63) is 71.0 Å². The van der Waals surface area contributed by atoms with Crippen molar-refractivity contribution in [1.82, 2.24) is 9.78 Å². The third kappa shape index (κ3) is 5.22. The fourth-order valence-electron chi connectivity index (χ4n) is 2.66. The molecule has 0 saturated heterocycles. The quantitative estimate of drug-likeness (QED) is 0.666. The molecule has 0 radical (unpaired) electrons.